The summed E-state index contributed by atoms with van der Waals surface area (Å²) in [5.74, 6) is 1.47. The largest absolute Gasteiger partial charge is 0.497 e. The average Bonchev–Trinajstić information content (AvgIpc) is 2.46. The minimum Gasteiger partial charge on any atom is -0.497 e. The molecule has 0 saturated carbocycles. The van der Waals surface area contributed by atoms with Crippen molar-refractivity contribution in [1.29, 1.82) is 0 Å². The molecule has 1 aromatic heterocycles. The lowest BCUT2D eigenvalue weighted by atomic mass is 10.1. The van der Waals surface area contributed by atoms with Crippen molar-refractivity contribution in [1.82, 2.24) is 9.29 Å². The number of hydrogen-bond donors (Lipinski definition) is 1. The summed E-state index contributed by atoms with van der Waals surface area (Å²) < 4.78 is 29.8. The van der Waals surface area contributed by atoms with Crippen molar-refractivity contribution in [2.24, 2.45) is 0 Å². The zero-order valence-electron chi connectivity index (χ0n) is 12.3. The highest BCUT2D eigenvalue weighted by molar-refractivity contribution is 7.89. The number of ether oxygens (including phenoxy) is 1. The van der Waals surface area contributed by atoms with E-state index in [1.54, 1.807) is 13.3 Å². The Bertz CT molecular complexity index is 729. The maximum atomic E-state index is 11.7. The Morgan fingerprint density at radius 3 is 2.71 bits per heavy atom. The number of fused-ring (bicyclic) bond motifs is 1. The molecule has 1 aromatic carbocycles. The average molecular weight is 309 g/mol. The molecule has 6 nitrogen and oxygen atoms in total. The Morgan fingerprint density at radius 1 is 1.29 bits per heavy atom. The molecule has 0 atom stereocenters. The number of nitrogens with zero attached hydrogens (tertiary/aromatic N) is 2. The van der Waals surface area contributed by atoms with Gasteiger partial charge in [0.2, 0.25) is 10.0 Å². The second kappa shape index (κ2) is 6.28. The molecule has 1 heterocycles. The lowest BCUT2D eigenvalue weighted by Crippen LogP contribution is -2.28. The lowest BCUT2D eigenvalue weighted by Gasteiger charge is -2.13. The molecule has 0 radical (unpaired) electrons. The standard InChI is InChI=1S/C14H19N3O3S/c1-17(2)21(18,19)9-8-16-14-13-5-4-12(20-3)10-11(13)6-7-15-14/h4-7,10H,8-9H2,1-3H3,(H,15,16). The monoisotopic (exact) mass is 309 g/mol. The molecule has 1 N–H and O–H groups in total. The van der Waals surface area contributed by atoms with Crippen LogP contribution in [0.5, 0.6) is 5.75 Å². The van der Waals surface area contributed by atoms with Crippen LogP contribution in [0.1, 0.15) is 0 Å². The van der Waals surface area contributed by atoms with E-state index in [-0.39, 0.29) is 5.75 Å². The van der Waals surface area contributed by atoms with Crippen LogP contribution in [0.3, 0.4) is 0 Å². The number of methoxy groups -OCH3 is 1. The smallest absolute Gasteiger partial charge is 0.215 e. The molecule has 0 aliphatic carbocycles. The first-order valence-corrected chi connectivity index (χ1v) is 8.12. The SMILES string of the molecule is COc1ccc2c(NCCS(=O)(=O)N(C)C)nccc2c1. The molecule has 0 amide bonds. The number of anilines is 1. The maximum Gasteiger partial charge on any atom is 0.215 e. The minimum atomic E-state index is -3.21. The van der Waals surface area contributed by atoms with E-state index in [4.69, 9.17) is 4.74 Å². The number of sulfonamides is 1. The highest BCUT2D eigenvalue weighted by atomic mass is 32.2. The normalized spacial score (nSPS) is 11.8. The van der Waals surface area contributed by atoms with Gasteiger partial charge >= 0.3 is 0 Å². The molecule has 2 aromatic rings. The fourth-order valence-electron chi connectivity index (χ4n) is 1.90. The van der Waals surface area contributed by atoms with Crippen LogP contribution >= 0.6 is 0 Å². The quantitative estimate of drug-likeness (QED) is 0.876. The van der Waals surface area contributed by atoms with Crippen molar-refractivity contribution in [2.45, 2.75) is 0 Å². The van der Waals surface area contributed by atoms with Crippen molar-refractivity contribution < 1.29 is 13.2 Å². The van der Waals surface area contributed by atoms with E-state index in [1.165, 1.54) is 18.4 Å². The first-order valence-electron chi connectivity index (χ1n) is 6.51. The van der Waals surface area contributed by atoms with Crippen LogP contribution in [-0.4, -0.2) is 51.2 Å². The fraction of sp³-hybridized carbons (Fsp3) is 0.357. The van der Waals surface area contributed by atoms with Gasteiger partial charge in [-0.2, -0.15) is 0 Å². The molecule has 0 bridgehead atoms. The molecule has 0 fully saturated rings. The van der Waals surface area contributed by atoms with Crippen molar-refractivity contribution in [2.75, 3.05) is 38.8 Å². The molecular weight excluding hydrogens is 290 g/mol. The first kappa shape index (κ1) is 15.5. The minimum absolute atomic E-state index is 0.0220. The number of hydrogen-bond acceptors (Lipinski definition) is 5. The third-order valence-corrected chi connectivity index (χ3v) is 5.01. The number of rotatable bonds is 6. The topological polar surface area (TPSA) is 71.5 Å². The Kier molecular flexibility index (Phi) is 4.64. The van der Waals surface area contributed by atoms with Crippen LogP contribution in [0.4, 0.5) is 5.82 Å². The van der Waals surface area contributed by atoms with E-state index >= 15 is 0 Å². The lowest BCUT2D eigenvalue weighted by molar-refractivity contribution is 0.415. The summed E-state index contributed by atoms with van der Waals surface area (Å²) in [6, 6.07) is 7.56. The van der Waals surface area contributed by atoms with E-state index in [1.807, 2.05) is 24.3 Å². The van der Waals surface area contributed by atoms with Crippen LogP contribution in [0.25, 0.3) is 10.8 Å². The number of benzene rings is 1. The van der Waals surface area contributed by atoms with Gasteiger partial charge in [0.05, 0.1) is 12.9 Å². The van der Waals surface area contributed by atoms with Crippen LogP contribution in [0.2, 0.25) is 0 Å². The number of pyridine rings is 1. The van der Waals surface area contributed by atoms with Crippen LogP contribution in [-0.2, 0) is 10.0 Å². The predicted molar refractivity (Wildman–Crippen MR) is 84.3 cm³/mol. The molecule has 0 unspecified atom stereocenters. The van der Waals surface area contributed by atoms with Crippen molar-refractivity contribution in [3.05, 3.63) is 30.5 Å². The molecule has 0 aliphatic heterocycles. The third kappa shape index (κ3) is 3.62. The van der Waals surface area contributed by atoms with E-state index in [2.05, 4.69) is 10.3 Å². The van der Waals surface area contributed by atoms with E-state index in [9.17, 15) is 8.42 Å². The Morgan fingerprint density at radius 2 is 2.05 bits per heavy atom. The van der Waals surface area contributed by atoms with E-state index in [0.29, 0.717) is 12.4 Å². The summed E-state index contributed by atoms with van der Waals surface area (Å²) in [5, 5.41) is 5.00. The summed E-state index contributed by atoms with van der Waals surface area (Å²) in [6.45, 7) is 0.304. The molecule has 114 valence electrons. The summed E-state index contributed by atoms with van der Waals surface area (Å²) in [6.07, 6.45) is 1.69. The van der Waals surface area contributed by atoms with Gasteiger partial charge in [0.15, 0.2) is 0 Å². The maximum absolute atomic E-state index is 11.7. The summed E-state index contributed by atoms with van der Waals surface area (Å²) in [4.78, 5) is 4.27. The van der Waals surface area contributed by atoms with Gasteiger partial charge in [0.25, 0.3) is 0 Å². The van der Waals surface area contributed by atoms with Crippen LogP contribution in [0.15, 0.2) is 30.5 Å². The van der Waals surface area contributed by atoms with Crippen molar-refractivity contribution >= 4 is 26.6 Å². The fourth-order valence-corrected chi connectivity index (χ4v) is 2.63. The van der Waals surface area contributed by atoms with Gasteiger partial charge in [-0.25, -0.2) is 17.7 Å². The first-order chi connectivity index (χ1) is 9.94. The molecule has 2 rings (SSSR count). The zero-order chi connectivity index (χ0) is 15.5. The van der Waals surface area contributed by atoms with Crippen molar-refractivity contribution in [3.8, 4) is 5.75 Å². The Balaban J connectivity index is 2.16. The van der Waals surface area contributed by atoms with E-state index < -0.39 is 10.0 Å². The van der Waals surface area contributed by atoms with Crippen LogP contribution < -0.4 is 10.1 Å². The zero-order valence-corrected chi connectivity index (χ0v) is 13.1. The van der Waals surface area contributed by atoms with Gasteiger partial charge in [-0.15, -0.1) is 0 Å². The molecular formula is C14H19N3O3S. The van der Waals surface area contributed by atoms with Gasteiger partial charge in [0.1, 0.15) is 11.6 Å². The molecule has 21 heavy (non-hydrogen) atoms. The number of aromatic nitrogens is 1. The van der Waals surface area contributed by atoms with Gasteiger partial charge in [-0.1, -0.05) is 0 Å². The van der Waals surface area contributed by atoms with Crippen LogP contribution in [0, 0.1) is 0 Å². The van der Waals surface area contributed by atoms with Gasteiger partial charge in [0, 0.05) is 32.2 Å². The Labute approximate surface area is 124 Å². The highest BCUT2D eigenvalue weighted by Crippen LogP contribution is 2.25. The highest BCUT2D eigenvalue weighted by Gasteiger charge is 2.13. The summed E-state index contributed by atoms with van der Waals surface area (Å²) in [7, 11) is 1.46. The van der Waals surface area contributed by atoms with Crippen molar-refractivity contribution in [3.63, 3.8) is 0 Å². The second-order valence-electron chi connectivity index (χ2n) is 4.77. The molecule has 0 aliphatic rings. The van der Waals surface area contributed by atoms with Gasteiger partial charge in [-0.3, -0.25) is 0 Å². The predicted octanol–water partition coefficient (Wildman–Crippen LogP) is 1.55. The van der Waals surface area contributed by atoms with E-state index in [0.717, 1.165) is 16.5 Å². The van der Waals surface area contributed by atoms with Gasteiger partial charge in [-0.05, 0) is 29.7 Å². The molecule has 7 heteroatoms. The Hall–Kier alpha value is -1.86. The number of nitrogens with one attached hydrogen (secondary N) is 1. The second-order valence-corrected chi connectivity index (χ2v) is 7.07. The molecule has 0 saturated heterocycles. The molecule has 0 spiro atoms. The van der Waals surface area contributed by atoms with Gasteiger partial charge < -0.3 is 10.1 Å². The third-order valence-electron chi connectivity index (χ3n) is 3.18. The summed E-state index contributed by atoms with van der Waals surface area (Å²) in [5.41, 5.74) is 0. The summed E-state index contributed by atoms with van der Waals surface area (Å²) >= 11 is 0.